The number of nitrogens with one attached hydrogen (secondary N) is 1. The molecule has 1 amide bonds. The molecule has 100 valence electrons. The molecule has 6 nitrogen and oxygen atoms in total. The van der Waals surface area contributed by atoms with Gasteiger partial charge in [-0.05, 0) is 19.1 Å². The zero-order valence-corrected chi connectivity index (χ0v) is 11.0. The summed E-state index contributed by atoms with van der Waals surface area (Å²) in [5.74, 6) is -0.609. The maximum atomic E-state index is 11.6. The molecule has 2 heterocycles. The van der Waals surface area contributed by atoms with Crippen LogP contribution in [0.15, 0.2) is 22.8 Å². The van der Waals surface area contributed by atoms with E-state index in [9.17, 15) is 9.59 Å². The normalized spacial score (nSPS) is 10.4. The molecule has 0 radical (unpaired) electrons. The summed E-state index contributed by atoms with van der Waals surface area (Å²) < 4.78 is 5.06. The number of aromatic nitrogens is 1. The van der Waals surface area contributed by atoms with E-state index < -0.39 is 5.97 Å². The van der Waals surface area contributed by atoms with Crippen LogP contribution in [0.1, 0.15) is 26.1 Å². The van der Waals surface area contributed by atoms with Gasteiger partial charge in [-0.15, -0.1) is 11.3 Å². The van der Waals surface area contributed by atoms with Crippen LogP contribution in [0.3, 0.4) is 0 Å². The molecule has 2 rings (SSSR count). The summed E-state index contributed by atoms with van der Waals surface area (Å²) in [5, 5.41) is 12.1. The molecule has 0 bridgehead atoms. The molecule has 7 heteroatoms. The number of rotatable bonds is 5. The molecule has 0 saturated heterocycles. The first kappa shape index (κ1) is 13.3. The molecule has 0 aromatic carbocycles. The summed E-state index contributed by atoms with van der Waals surface area (Å²) in [6.07, 6.45) is 1.66. The Morgan fingerprint density at radius 2 is 2.32 bits per heavy atom. The van der Waals surface area contributed by atoms with Gasteiger partial charge in [0.05, 0.1) is 24.9 Å². The molecule has 0 saturated carbocycles. The second-order valence-corrected chi connectivity index (χ2v) is 4.94. The van der Waals surface area contributed by atoms with Crippen molar-refractivity contribution in [2.24, 2.45) is 0 Å². The third kappa shape index (κ3) is 3.41. The number of carboxylic acids is 1. The standard InChI is InChI=1S/C12H12N2O4S/c1-7-11(12(16)17)19-10(14-7)6-13-9(15)5-8-3-2-4-18-8/h2-4H,5-6H2,1H3,(H,13,15)(H,16,17). The Morgan fingerprint density at radius 1 is 1.53 bits per heavy atom. The molecule has 2 aromatic heterocycles. The van der Waals surface area contributed by atoms with E-state index in [1.807, 2.05) is 0 Å². The van der Waals surface area contributed by atoms with Gasteiger partial charge in [-0.3, -0.25) is 4.79 Å². The number of nitrogens with zero attached hydrogens (tertiary/aromatic N) is 1. The maximum Gasteiger partial charge on any atom is 0.347 e. The average Bonchev–Trinajstić information content (AvgIpc) is 2.96. The number of carbonyl (C=O) groups is 2. The molecule has 0 aliphatic carbocycles. The van der Waals surface area contributed by atoms with Gasteiger partial charge in [0.25, 0.3) is 0 Å². The SMILES string of the molecule is Cc1nc(CNC(=O)Cc2ccco2)sc1C(=O)O. The number of furan rings is 1. The summed E-state index contributed by atoms with van der Waals surface area (Å²) >= 11 is 1.07. The predicted octanol–water partition coefficient (Wildman–Crippen LogP) is 1.60. The van der Waals surface area contributed by atoms with Gasteiger partial charge in [0.1, 0.15) is 15.6 Å². The van der Waals surface area contributed by atoms with Crippen molar-refractivity contribution in [2.45, 2.75) is 19.9 Å². The van der Waals surface area contributed by atoms with Gasteiger partial charge in [-0.1, -0.05) is 0 Å². The van der Waals surface area contributed by atoms with E-state index >= 15 is 0 Å². The van der Waals surface area contributed by atoms with Crippen molar-refractivity contribution in [3.63, 3.8) is 0 Å². The van der Waals surface area contributed by atoms with Crippen molar-refractivity contribution in [1.82, 2.24) is 10.3 Å². The number of amides is 1. The van der Waals surface area contributed by atoms with Gasteiger partial charge in [-0.2, -0.15) is 0 Å². The van der Waals surface area contributed by atoms with Gasteiger partial charge in [0.2, 0.25) is 5.91 Å². The minimum Gasteiger partial charge on any atom is -0.477 e. The fourth-order valence-electron chi connectivity index (χ4n) is 1.53. The molecule has 19 heavy (non-hydrogen) atoms. The first-order chi connectivity index (χ1) is 9.06. The zero-order valence-electron chi connectivity index (χ0n) is 10.2. The smallest absolute Gasteiger partial charge is 0.347 e. The largest absolute Gasteiger partial charge is 0.477 e. The van der Waals surface area contributed by atoms with Crippen molar-refractivity contribution in [2.75, 3.05) is 0 Å². The molecule has 0 unspecified atom stereocenters. The van der Waals surface area contributed by atoms with E-state index in [1.165, 1.54) is 6.26 Å². The monoisotopic (exact) mass is 280 g/mol. The first-order valence-electron chi connectivity index (χ1n) is 5.55. The van der Waals surface area contributed by atoms with Gasteiger partial charge < -0.3 is 14.8 Å². The topological polar surface area (TPSA) is 92.4 Å². The number of aryl methyl sites for hydroxylation is 1. The van der Waals surface area contributed by atoms with Crippen molar-refractivity contribution in [3.05, 3.63) is 39.7 Å². The molecule has 0 aliphatic rings. The molecule has 0 aliphatic heterocycles. The third-order valence-electron chi connectivity index (χ3n) is 2.39. The van der Waals surface area contributed by atoms with Crippen LogP contribution in [0.2, 0.25) is 0 Å². The van der Waals surface area contributed by atoms with Crippen LogP contribution in [-0.2, 0) is 17.8 Å². The van der Waals surface area contributed by atoms with Crippen molar-refractivity contribution < 1.29 is 19.1 Å². The molecule has 0 fully saturated rings. The highest BCUT2D eigenvalue weighted by Crippen LogP contribution is 2.17. The van der Waals surface area contributed by atoms with Crippen LogP contribution >= 0.6 is 11.3 Å². The minimum absolute atomic E-state index is 0.156. The van der Waals surface area contributed by atoms with Gasteiger partial charge in [0, 0.05) is 0 Å². The molecule has 2 N–H and O–H groups in total. The highest BCUT2D eigenvalue weighted by Gasteiger charge is 2.14. The molecule has 0 spiro atoms. The van der Waals surface area contributed by atoms with Crippen LogP contribution in [0.5, 0.6) is 0 Å². The zero-order chi connectivity index (χ0) is 13.8. The van der Waals surface area contributed by atoms with E-state index in [1.54, 1.807) is 19.1 Å². The molecule has 2 aromatic rings. The molecule has 0 atom stereocenters. The Kier molecular flexibility index (Phi) is 3.96. The number of carbonyl (C=O) groups excluding carboxylic acids is 1. The second kappa shape index (κ2) is 5.66. The second-order valence-electron chi connectivity index (χ2n) is 3.86. The van der Waals surface area contributed by atoms with Crippen LogP contribution in [0, 0.1) is 6.92 Å². The van der Waals surface area contributed by atoms with Crippen LogP contribution in [0.4, 0.5) is 0 Å². The molecular weight excluding hydrogens is 268 g/mol. The third-order valence-corrected chi connectivity index (χ3v) is 3.53. The fourth-order valence-corrected chi connectivity index (χ4v) is 2.38. The van der Waals surface area contributed by atoms with Gasteiger partial charge in [-0.25, -0.2) is 9.78 Å². The summed E-state index contributed by atoms with van der Waals surface area (Å²) in [6.45, 7) is 1.85. The fraction of sp³-hybridized carbons (Fsp3) is 0.250. The summed E-state index contributed by atoms with van der Waals surface area (Å²) in [4.78, 5) is 26.8. The quantitative estimate of drug-likeness (QED) is 0.867. The summed E-state index contributed by atoms with van der Waals surface area (Å²) in [7, 11) is 0. The van der Waals surface area contributed by atoms with Crippen LogP contribution < -0.4 is 5.32 Å². The Labute approximate surface area is 113 Å². The number of aromatic carboxylic acids is 1. The average molecular weight is 280 g/mol. The number of carboxylic acid groups (broad SMARTS) is 1. The summed E-state index contributed by atoms with van der Waals surface area (Å²) in [5.41, 5.74) is 0.466. The predicted molar refractivity (Wildman–Crippen MR) is 68.1 cm³/mol. The number of hydrogen-bond acceptors (Lipinski definition) is 5. The lowest BCUT2D eigenvalue weighted by Gasteiger charge is -2.00. The van der Waals surface area contributed by atoms with E-state index in [0.717, 1.165) is 11.3 Å². The molecular formula is C12H12N2O4S. The number of hydrogen-bond donors (Lipinski definition) is 2. The minimum atomic E-state index is -0.997. The van der Waals surface area contributed by atoms with Crippen LogP contribution in [-0.4, -0.2) is 22.0 Å². The van der Waals surface area contributed by atoms with Gasteiger partial charge in [0.15, 0.2) is 0 Å². The summed E-state index contributed by atoms with van der Waals surface area (Å²) in [6, 6.07) is 3.43. The van der Waals surface area contributed by atoms with E-state index in [2.05, 4.69) is 10.3 Å². The Balaban J connectivity index is 1.90. The number of thiazole rings is 1. The van der Waals surface area contributed by atoms with Crippen molar-refractivity contribution >= 4 is 23.2 Å². The van der Waals surface area contributed by atoms with Crippen molar-refractivity contribution in [1.29, 1.82) is 0 Å². The maximum absolute atomic E-state index is 11.6. The lowest BCUT2D eigenvalue weighted by molar-refractivity contribution is -0.120. The Hall–Kier alpha value is -2.15. The van der Waals surface area contributed by atoms with E-state index in [4.69, 9.17) is 9.52 Å². The Bertz CT molecular complexity index is 589. The van der Waals surface area contributed by atoms with Crippen LogP contribution in [0.25, 0.3) is 0 Å². The highest BCUT2D eigenvalue weighted by molar-refractivity contribution is 7.13. The first-order valence-corrected chi connectivity index (χ1v) is 6.36. The van der Waals surface area contributed by atoms with E-state index in [0.29, 0.717) is 16.5 Å². The lowest BCUT2D eigenvalue weighted by Crippen LogP contribution is -2.24. The van der Waals surface area contributed by atoms with Crippen molar-refractivity contribution in [3.8, 4) is 0 Å². The highest BCUT2D eigenvalue weighted by atomic mass is 32.1. The lowest BCUT2D eigenvalue weighted by atomic mass is 10.3. The Morgan fingerprint density at radius 3 is 2.89 bits per heavy atom. The van der Waals surface area contributed by atoms with E-state index in [-0.39, 0.29) is 23.7 Å². The van der Waals surface area contributed by atoms with Gasteiger partial charge >= 0.3 is 5.97 Å².